The second-order valence-corrected chi connectivity index (χ2v) is 3.41. The van der Waals surface area contributed by atoms with Gasteiger partial charge >= 0.3 is 6.09 Å². The lowest BCUT2D eigenvalue weighted by Gasteiger charge is -2.07. The lowest BCUT2D eigenvalue weighted by atomic mass is 10.1. The van der Waals surface area contributed by atoms with E-state index in [1.54, 1.807) is 25.1 Å². The van der Waals surface area contributed by atoms with Gasteiger partial charge in [-0.2, -0.15) is 0 Å². The molecule has 0 aliphatic rings. The third-order valence-electron chi connectivity index (χ3n) is 2.17. The number of ether oxygens (including phenoxy) is 1. The number of rotatable bonds is 6. The van der Waals surface area contributed by atoms with E-state index in [-0.39, 0.29) is 12.3 Å². The van der Waals surface area contributed by atoms with Crippen LogP contribution < -0.4 is 10.9 Å². The molecule has 0 spiro atoms. The van der Waals surface area contributed by atoms with Crippen LogP contribution in [0.3, 0.4) is 0 Å². The normalized spacial score (nSPS) is 9.83. The topological polar surface area (TPSA) is 93.5 Å². The highest BCUT2D eigenvalue weighted by molar-refractivity contribution is 5.66. The molecule has 98 valence electrons. The van der Waals surface area contributed by atoms with Gasteiger partial charge in [-0.25, -0.2) is 10.2 Å². The SMILES string of the molecule is CCOC(=O)NNCCc1ccccc1[N+](=O)[O-]. The molecule has 18 heavy (non-hydrogen) atoms. The predicted octanol–water partition coefficient (Wildman–Crippen LogP) is 1.39. The number of nitro benzene ring substituents is 1. The van der Waals surface area contributed by atoms with Crippen molar-refractivity contribution < 1.29 is 14.5 Å². The van der Waals surface area contributed by atoms with Crippen molar-refractivity contribution in [3.05, 3.63) is 39.9 Å². The third-order valence-corrected chi connectivity index (χ3v) is 2.17. The highest BCUT2D eigenvalue weighted by atomic mass is 16.6. The Hall–Kier alpha value is -2.15. The number of carbonyl (C=O) groups excluding carboxylic acids is 1. The summed E-state index contributed by atoms with van der Waals surface area (Å²) in [6, 6.07) is 6.49. The van der Waals surface area contributed by atoms with Crippen molar-refractivity contribution >= 4 is 11.8 Å². The average molecular weight is 253 g/mol. The maximum Gasteiger partial charge on any atom is 0.421 e. The van der Waals surface area contributed by atoms with Gasteiger partial charge in [0.25, 0.3) is 5.69 Å². The number of nitro groups is 1. The van der Waals surface area contributed by atoms with E-state index in [1.807, 2.05) is 0 Å². The van der Waals surface area contributed by atoms with Crippen LogP contribution in [0.2, 0.25) is 0 Å². The number of nitrogens with one attached hydrogen (secondary N) is 2. The number of carbonyl (C=O) groups is 1. The van der Waals surface area contributed by atoms with E-state index in [1.165, 1.54) is 6.07 Å². The fraction of sp³-hybridized carbons (Fsp3) is 0.364. The fourth-order valence-corrected chi connectivity index (χ4v) is 1.40. The number of para-hydroxylation sites is 1. The van der Waals surface area contributed by atoms with Crippen molar-refractivity contribution in [2.75, 3.05) is 13.2 Å². The van der Waals surface area contributed by atoms with Crippen LogP contribution in [0.15, 0.2) is 24.3 Å². The summed E-state index contributed by atoms with van der Waals surface area (Å²) in [5.41, 5.74) is 5.65. The summed E-state index contributed by atoms with van der Waals surface area (Å²) in [7, 11) is 0. The number of hydrazine groups is 1. The Morgan fingerprint density at radius 1 is 1.44 bits per heavy atom. The quantitative estimate of drug-likeness (QED) is 0.454. The molecule has 0 saturated heterocycles. The zero-order valence-corrected chi connectivity index (χ0v) is 10.0. The van der Waals surface area contributed by atoms with Crippen LogP contribution >= 0.6 is 0 Å². The van der Waals surface area contributed by atoms with Gasteiger partial charge in [0.2, 0.25) is 0 Å². The number of hydrogen-bond acceptors (Lipinski definition) is 5. The lowest BCUT2D eigenvalue weighted by Crippen LogP contribution is -2.38. The van der Waals surface area contributed by atoms with Crippen LogP contribution in [0, 0.1) is 10.1 Å². The van der Waals surface area contributed by atoms with Gasteiger partial charge in [0, 0.05) is 18.2 Å². The second kappa shape index (κ2) is 7.23. The molecule has 0 saturated carbocycles. The molecule has 1 amide bonds. The van der Waals surface area contributed by atoms with E-state index < -0.39 is 11.0 Å². The Morgan fingerprint density at radius 3 is 2.83 bits per heavy atom. The number of hydrogen-bond donors (Lipinski definition) is 2. The molecule has 0 atom stereocenters. The molecular formula is C11H15N3O4. The van der Waals surface area contributed by atoms with Crippen LogP contribution in [0.4, 0.5) is 10.5 Å². The molecule has 7 nitrogen and oxygen atoms in total. The average Bonchev–Trinajstić information content (AvgIpc) is 2.35. The van der Waals surface area contributed by atoms with Gasteiger partial charge in [0.15, 0.2) is 0 Å². The van der Waals surface area contributed by atoms with Gasteiger partial charge in [-0.15, -0.1) is 0 Å². The molecule has 0 aliphatic heterocycles. The van der Waals surface area contributed by atoms with Crippen molar-refractivity contribution in [2.45, 2.75) is 13.3 Å². The minimum atomic E-state index is -0.569. The first-order chi connectivity index (χ1) is 8.65. The Labute approximate surface area is 104 Å². The highest BCUT2D eigenvalue weighted by Crippen LogP contribution is 2.17. The number of amides is 1. The van der Waals surface area contributed by atoms with E-state index in [0.29, 0.717) is 18.5 Å². The summed E-state index contributed by atoms with van der Waals surface area (Å²) in [6.45, 7) is 2.37. The minimum Gasteiger partial charge on any atom is -0.449 e. The highest BCUT2D eigenvalue weighted by Gasteiger charge is 2.11. The zero-order chi connectivity index (χ0) is 13.4. The zero-order valence-electron chi connectivity index (χ0n) is 10.0. The van der Waals surface area contributed by atoms with Crippen LogP contribution in [-0.2, 0) is 11.2 Å². The molecule has 1 aromatic carbocycles. The molecule has 0 aromatic heterocycles. The van der Waals surface area contributed by atoms with Crippen LogP contribution in [0.1, 0.15) is 12.5 Å². The standard InChI is InChI=1S/C11H15N3O4/c1-2-18-11(15)13-12-8-7-9-5-3-4-6-10(9)14(16)17/h3-6,12H,2,7-8H2,1H3,(H,13,15). The van der Waals surface area contributed by atoms with E-state index in [0.717, 1.165) is 0 Å². The lowest BCUT2D eigenvalue weighted by molar-refractivity contribution is -0.385. The third kappa shape index (κ3) is 4.38. The Kier molecular flexibility index (Phi) is 5.59. The summed E-state index contributed by atoms with van der Waals surface area (Å²) >= 11 is 0. The molecule has 0 aliphatic carbocycles. The van der Waals surface area contributed by atoms with Crippen molar-refractivity contribution in [1.29, 1.82) is 0 Å². The minimum absolute atomic E-state index is 0.0791. The van der Waals surface area contributed by atoms with E-state index in [4.69, 9.17) is 0 Å². The van der Waals surface area contributed by atoms with Crippen LogP contribution in [0.25, 0.3) is 0 Å². The molecule has 1 aromatic rings. The maximum absolute atomic E-state index is 10.9. The van der Waals surface area contributed by atoms with Crippen molar-refractivity contribution in [3.63, 3.8) is 0 Å². The monoisotopic (exact) mass is 253 g/mol. The second-order valence-electron chi connectivity index (χ2n) is 3.41. The van der Waals surface area contributed by atoms with Gasteiger partial charge < -0.3 is 4.74 Å². The molecule has 7 heteroatoms. The summed E-state index contributed by atoms with van der Waals surface area (Å²) in [5.74, 6) is 0. The van der Waals surface area contributed by atoms with Crippen molar-refractivity contribution in [1.82, 2.24) is 10.9 Å². The van der Waals surface area contributed by atoms with E-state index >= 15 is 0 Å². The molecular weight excluding hydrogens is 238 g/mol. The fourth-order valence-electron chi connectivity index (χ4n) is 1.40. The largest absolute Gasteiger partial charge is 0.449 e. The van der Waals surface area contributed by atoms with E-state index in [9.17, 15) is 14.9 Å². The van der Waals surface area contributed by atoms with Crippen molar-refractivity contribution in [2.24, 2.45) is 0 Å². The summed E-state index contributed by atoms with van der Waals surface area (Å²) in [6.07, 6.45) is -0.135. The summed E-state index contributed by atoms with van der Waals surface area (Å²) < 4.78 is 4.64. The first kappa shape index (κ1) is 13.9. The van der Waals surface area contributed by atoms with Crippen LogP contribution in [-0.4, -0.2) is 24.2 Å². The first-order valence-corrected chi connectivity index (χ1v) is 5.53. The molecule has 0 bridgehead atoms. The van der Waals surface area contributed by atoms with Gasteiger partial charge in [0.05, 0.1) is 11.5 Å². The van der Waals surface area contributed by atoms with Crippen LogP contribution in [0.5, 0.6) is 0 Å². The van der Waals surface area contributed by atoms with Gasteiger partial charge in [0.1, 0.15) is 0 Å². The summed E-state index contributed by atoms with van der Waals surface area (Å²) in [5, 5.41) is 10.7. The predicted molar refractivity (Wildman–Crippen MR) is 65.0 cm³/mol. The molecule has 0 radical (unpaired) electrons. The van der Waals surface area contributed by atoms with Gasteiger partial charge in [-0.3, -0.25) is 15.5 Å². The summed E-state index contributed by atoms with van der Waals surface area (Å²) in [4.78, 5) is 21.2. The van der Waals surface area contributed by atoms with Gasteiger partial charge in [-0.1, -0.05) is 18.2 Å². The van der Waals surface area contributed by atoms with Gasteiger partial charge in [-0.05, 0) is 13.3 Å². The number of benzene rings is 1. The maximum atomic E-state index is 10.9. The van der Waals surface area contributed by atoms with E-state index in [2.05, 4.69) is 15.6 Å². The molecule has 2 N–H and O–H groups in total. The molecule has 0 fully saturated rings. The molecule has 1 rings (SSSR count). The molecule has 0 heterocycles. The Morgan fingerprint density at radius 2 is 2.17 bits per heavy atom. The smallest absolute Gasteiger partial charge is 0.421 e. The number of nitrogens with zero attached hydrogens (tertiary/aromatic N) is 1. The van der Waals surface area contributed by atoms with Crippen molar-refractivity contribution in [3.8, 4) is 0 Å². The Bertz CT molecular complexity index is 423. The Balaban J connectivity index is 2.40. The molecule has 0 unspecified atom stereocenters. The first-order valence-electron chi connectivity index (χ1n) is 5.53.